The highest BCUT2D eigenvalue weighted by atomic mass is 28.4. The molecule has 1 heterocycles. The molecule has 0 aromatic rings. The van der Waals surface area contributed by atoms with Gasteiger partial charge in [0, 0.05) is 0 Å². The van der Waals surface area contributed by atoms with Crippen molar-refractivity contribution in [1.29, 1.82) is 0 Å². The van der Waals surface area contributed by atoms with Gasteiger partial charge in [-0.15, -0.1) is 0 Å². The molecule has 0 radical (unpaired) electrons. The van der Waals surface area contributed by atoms with Crippen LogP contribution in [0.15, 0.2) is 0 Å². The Morgan fingerprint density at radius 2 is 0.811 bits per heavy atom. The third-order valence-electron chi connectivity index (χ3n) is 8.29. The summed E-state index contributed by atoms with van der Waals surface area (Å²) in [6, 6.07) is 5.17. The Kier molecular flexibility index (Phi) is 13.7. The van der Waals surface area contributed by atoms with E-state index in [1.165, 1.54) is 0 Å². The van der Waals surface area contributed by atoms with Gasteiger partial charge in [-0.1, -0.05) is 34.6 Å². The first-order chi connectivity index (χ1) is 16.8. The molecule has 37 heavy (non-hydrogen) atoms. The first kappa shape index (κ1) is 35.9. The maximum absolute atomic E-state index is 7.15. The Balaban J connectivity index is 3.67. The average Bonchev–Trinajstić information content (AvgIpc) is 2.81. The predicted octanol–water partition coefficient (Wildman–Crippen LogP) is 8.03. The lowest BCUT2D eigenvalue weighted by Crippen LogP contribution is -2.67. The first-order valence-corrected chi connectivity index (χ1v) is 30.3. The fourth-order valence-electron chi connectivity index (χ4n) is 3.67. The molecule has 0 aliphatic carbocycles. The van der Waals surface area contributed by atoms with E-state index in [0.29, 0.717) is 6.61 Å². The van der Waals surface area contributed by atoms with Crippen LogP contribution >= 0.6 is 0 Å². The summed E-state index contributed by atoms with van der Waals surface area (Å²) in [4.78, 5) is 0. The maximum atomic E-state index is 7.15. The Morgan fingerprint density at radius 3 is 1.22 bits per heavy atom. The quantitative estimate of drug-likeness (QED) is 0.165. The van der Waals surface area contributed by atoms with Crippen molar-refractivity contribution < 1.29 is 26.9 Å². The van der Waals surface area contributed by atoms with E-state index in [0.717, 1.165) is 30.2 Å². The minimum atomic E-state index is -1.97. The van der Waals surface area contributed by atoms with Crippen LogP contribution in [-0.2, 0) is 26.9 Å². The lowest BCUT2D eigenvalue weighted by Gasteiger charge is -2.52. The summed E-state index contributed by atoms with van der Waals surface area (Å²) in [7, 11) is -9.64. The fourth-order valence-corrected chi connectivity index (χ4v) is 8.99. The summed E-state index contributed by atoms with van der Waals surface area (Å²) in [6.07, 6.45) is -1.50. The van der Waals surface area contributed by atoms with Crippen LogP contribution in [0.3, 0.4) is 0 Å². The highest BCUT2D eigenvalue weighted by molar-refractivity contribution is 6.72. The number of rotatable bonds is 16. The zero-order valence-electron chi connectivity index (χ0n) is 27.1. The Morgan fingerprint density at radius 1 is 0.459 bits per heavy atom. The predicted molar refractivity (Wildman–Crippen MR) is 170 cm³/mol. The average molecular weight is 611 g/mol. The minimum Gasteiger partial charge on any atom is -0.415 e. The highest BCUT2D eigenvalue weighted by Gasteiger charge is 2.53. The molecule has 1 aliphatic heterocycles. The molecule has 6 nitrogen and oxygen atoms in total. The molecule has 1 unspecified atom stereocenters. The first-order valence-electron chi connectivity index (χ1n) is 14.8. The van der Waals surface area contributed by atoms with Crippen LogP contribution in [0.1, 0.15) is 34.6 Å². The molecule has 222 valence electrons. The summed E-state index contributed by atoms with van der Waals surface area (Å²) in [5.74, 6) is 0. The minimum absolute atomic E-state index is 0.237. The normalized spacial score (nSPS) is 26.5. The number of ether oxygens (including phenoxy) is 1. The van der Waals surface area contributed by atoms with Gasteiger partial charge >= 0.3 is 0 Å². The summed E-state index contributed by atoms with van der Waals surface area (Å²) >= 11 is 0. The van der Waals surface area contributed by atoms with Crippen molar-refractivity contribution in [3.63, 3.8) is 0 Å². The summed E-state index contributed by atoms with van der Waals surface area (Å²) in [5, 5.41) is 0. The highest BCUT2D eigenvalue weighted by Crippen LogP contribution is 2.37. The summed E-state index contributed by atoms with van der Waals surface area (Å²) in [6.45, 7) is 34.5. The van der Waals surface area contributed by atoms with Gasteiger partial charge in [0.05, 0.1) is 6.61 Å². The van der Waals surface area contributed by atoms with Gasteiger partial charge in [0.25, 0.3) is 0 Å². The molecule has 0 spiro atoms. The van der Waals surface area contributed by atoms with Gasteiger partial charge in [0.2, 0.25) is 0 Å². The zero-order valence-corrected chi connectivity index (χ0v) is 32.1. The van der Waals surface area contributed by atoms with Crippen LogP contribution in [0.2, 0.25) is 95.7 Å². The van der Waals surface area contributed by atoms with Crippen LogP contribution in [0.5, 0.6) is 0 Å². The topological polar surface area (TPSA) is 55.4 Å². The molecular weight excluding hydrogens is 549 g/mol. The van der Waals surface area contributed by atoms with Gasteiger partial charge in [-0.05, 0) is 95.7 Å². The van der Waals surface area contributed by atoms with Crippen molar-refractivity contribution in [1.82, 2.24) is 0 Å². The van der Waals surface area contributed by atoms with E-state index in [2.05, 4.69) is 100 Å². The van der Waals surface area contributed by atoms with Crippen LogP contribution in [0, 0.1) is 0 Å². The number of hydrogen-bond donors (Lipinski definition) is 0. The van der Waals surface area contributed by atoms with Crippen LogP contribution in [0.4, 0.5) is 0 Å². The molecule has 5 atom stereocenters. The van der Waals surface area contributed by atoms with Gasteiger partial charge in [-0.3, -0.25) is 0 Å². The maximum Gasteiger partial charge on any atom is 0.190 e. The molecule has 0 bridgehead atoms. The van der Waals surface area contributed by atoms with Gasteiger partial charge in [-0.25, -0.2) is 0 Å². The largest absolute Gasteiger partial charge is 0.415 e. The molecule has 1 aliphatic rings. The van der Waals surface area contributed by atoms with E-state index >= 15 is 0 Å². The molecule has 0 saturated carbocycles. The zero-order chi connectivity index (χ0) is 28.9. The second-order valence-electron chi connectivity index (χ2n) is 13.8. The monoisotopic (exact) mass is 610 g/mol. The molecule has 0 N–H and O–H groups in total. The molecule has 0 amide bonds. The van der Waals surface area contributed by atoms with Crippen LogP contribution < -0.4 is 0 Å². The van der Waals surface area contributed by atoms with Crippen molar-refractivity contribution in [2.24, 2.45) is 0 Å². The van der Waals surface area contributed by atoms with Gasteiger partial charge in [-0.2, -0.15) is 0 Å². The van der Waals surface area contributed by atoms with E-state index < -0.39 is 47.9 Å². The SMILES string of the molecule is CC[Si](C)(C)OC[C@H]1OC(O[Si](C)(C)CC)[C@H](O[Si](C)(C)CC)[C@@H](O[Si](C)(C)CC)[C@@H]1O[Si](C)(C)CC. The van der Waals surface area contributed by atoms with Gasteiger partial charge in [0.15, 0.2) is 47.9 Å². The summed E-state index contributed by atoms with van der Waals surface area (Å²) in [5.41, 5.74) is 0. The lowest BCUT2D eigenvalue weighted by molar-refractivity contribution is -0.268. The molecule has 0 aromatic heterocycles. The van der Waals surface area contributed by atoms with Gasteiger partial charge in [0.1, 0.15) is 24.4 Å². The van der Waals surface area contributed by atoms with E-state index in [-0.39, 0.29) is 24.4 Å². The van der Waals surface area contributed by atoms with E-state index in [9.17, 15) is 0 Å². The van der Waals surface area contributed by atoms with Crippen molar-refractivity contribution in [3.8, 4) is 0 Å². The fraction of sp³-hybridized carbons (Fsp3) is 1.00. The number of hydrogen-bond acceptors (Lipinski definition) is 6. The molecule has 1 rings (SSSR count). The molecule has 1 saturated heterocycles. The molecular formula is C26H62O6Si5. The smallest absolute Gasteiger partial charge is 0.190 e. The second kappa shape index (κ2) is 14.1. The van der Waals surface area contributed by atoms with Crippen molar-refractivity contribution in [3.05, 3.63) is 0 Å². The van der Waals surface area contributed by atoms with Crippen molar-refractivity contribution in [2.45, 2.75) is 161 Å². The van der Waals surface area contributed by atoms with Crippen molar-refractivity contribution in [2.75, 3.05) is 6.61 Å². The standard InChI is InChI=1S/C26H62O6Si5/c1-16-33(6,7)27-21-22-23(29-34(8,9)17-2)24(30-35(10,11)18-3)25(31-36(12,13)19-4)26(28-22)32-37(14,15)20-5/h22-26H,16-21H2,1-15H3/t22-,23-,24+,25-,26?/m1/s1. The Labute approximate surface area is 235 Å². The van der Waals surface area contributed by atoms with Gasteiger partial charge < -0.3 is 26.9 Å². The molecule has 11 heteroatoms. The summed E-state index contributed by atoms with van der Waals surface area (Å²) < 4.78 is 41.6. The van der Waals surface area contributed by atoms with E-state index in [1.54, 1.807) is 0 Å². The third-order valence-corrected chi connectivity index (χ3v) is 21.4. The van der Waals surface area contributed by atoms with Crippen LogP contribution in [0.25, 0.3) is 0 Å². The van der Waals surface area contributed by atoms with Crippen LogP contribution in [-0.4, -0.2) is 78.9 Å². The van der Waals surface area contributed by atoms with E-state index in [4.69, 9.17) is 26.9 Å². The second-order valence-corrected chi connectivity index (χ2v) is 36.1. The molecule has 0 aromatic carbocycles. The molecule has 1 fully saturated rings. The van der Waals surface area contributed by atoms with E-state index in [1.807, 2.05) is 0 Å². The third kappa shape index (κ3) is 11.7. The Hall–Kier alpha value is 0.844. The van der Waals surface area contributed by atoms with Crippen molar-refractivity contribution >= 4 is 41.6 Å². The lowest BCUT2D eigenvalue weighted by atomic mass is 9.99. The Bertz CT molecular complexity index is 688.